The number of para-hydroxylation sites is 1. The lowest BCUT2D eigenvalue weighted by Crippen LogP contribution is -2.22. The molecule has 15 heavy (non-hydrogen) atoms. The van der Waals surface area contributed by atoms with Crippen LogP contribution >= 0.6 is 0 Å². The first-order valence-electron chi connectivity index (χ1n) is 5.78. The summed E-state index contributed by atoms with van der Waals surface area (Å²) in [4.78, 5) is 2.43. The second-order valence-corrected chi connectivity index (χ2v) is 4.36. The monoisotopic (exact) mass is 205 g/mol. The normalized spacial score (nSPS) is 16.5. The lowest BCUT2D eigenvalue weighted by Gasteiger charge is -2.19. The zero-order valence-corrected chi connectivity index (χ0v) is 9.32. The molecule has 0 saturated heterocycles. The topological polar surface area (TPSA) is 23.5 Å². The molecule has 0 fully saturated rings. The first-order valence-corrected chi connectivity index (χ1v) is 5.78. The zero-order chi connectivity index (χ0) is 10.7. The average molecular weight is 205 g/mol. The van der Waals surface area contributed by atoms with Gasteiger partial charge in [-0.05, 0) is 37.8 Å². The summed E-state index contributed by atoms with van der Waals surface area (Å²) in [5, 5.41) is 9.20. The molecule has 2 heteroatoms. The zero-order valence-electron chi connectivity index (χ0n) is 9.32. The van der Waals surface area contributed by atoms with E-state index in [4.69, 9.17) is 0 Å². The number of hydrogen-bond acceptors (Lipinski definition) is 2. The van der Waals surface area contributed by atoms with Crippen LogP contribution in [-0.4, -0.2) is 24.3 Å². The third kappa shape index (κ3) is 2.51. The number of rotatable bonds is 4. The van der Waals surface area contributed by atoms with E-state index in [0.29, 0.717) is 0 Å². The molecule has 0 saturated carbocycles. The molecule has 1 atom stereocenters. The second kappa shape index (κ2) is 4.67. The minimum Gasteiger partial charge on any atom is -0.393 e. The molecular formula is C13H19NO. The maximum atomic E-state index is 9.20. The van der Waals surface area contributed by atoms with Crippen molar-refractivity contribution in [3.05, 3.63) is 29.8 Å². The Morgan fingerprint density at radius 1 is 1.40 bits per heavy atom. The van der Waals surface area contributed by atoms with Crippen molar-refractivity contribution in [2.24, 2.45) is 0 Å². The van der Waals surface area contributed by atoms with Crippen molar-refractivity contribution in [1.82, 2.24) is 0 Å². The quantitative estimate of drug-likeness (QED) is 0.814. The molecule has 0 amide bonds. The van der Waals surface area contributed by atoms with E-state index in [-0.39, 0.29) is 6.10 Å². The fourth-order valence-corrected chi connectivity index (χ4v) is 2.22. The van der Waals surface area contributed by atoms with Crippen LogP contribution in [0.2, 0.25) is 0 Å². The van der Waals surface area contributed by atoms with Gasteiger partial charge in [-0.3, -0.25) is 0 Å². The van der Waals surface area contributed by atoms with Gasteiger partial charge in [-0.1, -0.05) is 18.2 Å². The van der Waals surface area contributed by atoms with Crippen molar-refractivity contribution in [3.8, 4) is 0 Å². The molecule has 0 aromatic heterocycles. The molecule has 1 unspecified atom stereocenters. The Morgan fingerprint density at radius 3 is 3.00 bits per heavy atom. The summed E-state index contributed by atoms with van der Waals surface area (Å²) in [6, 6.07) is 8.62. The Hall–Kier alpha value is -1.02. The Kier molecular flexibility index (Phi) is 3.27. The van der Waals surface area contributed by atoms with Gasteiger partial charge in [0.05, 0.1) is 6.10 Å². The van der Waals surface area contributed by atoms with E-state index in [9.17, 15) is 5.11 Å². The maximum Gasteiger partial charge on any atom is 0.0512 e. The van der Waals surface area contributed by atoms with Gasteiger partial charge in [0.1, 0.15) is 0 Å². The van der Waals surface area contributed by atoms with Crippen molar-refractivity contribution >= 4 is 5.69 Å². The summed E-state index contributed by atoms with van der Waals surface area (Å²) in [5.41, 5.74) is 2.86. The highest BCUT2D eigenvalue weighted by molar-refractivity contribution is 5.57. The number of benzene rings is 1. The van der Waals surface area contributed by atoms with Crippen molar-refractivity contribution in [3.63, 3.8) is 0 Å². The van der Waals surface area contributed by atoms with E-state index in [1.807, 2.05) is 6.92 Å². The van der Waals surface area contributed by atoms with Crippen LogP contribution in [0, 0.1) is 0 Å². The molecule has 1 aromatic carbocycles. The molecular weight excluding hydrogens is 186 g/mol. The van der Waals surface area contributed by atoms with Crippen molar-refractivity contribution in [1.29, 1.82) is 0 Å². The predicted octanol–water partition coefficient (Wildman–Crippen LogP) is 2.21. The van der Waals surface area contributed by atoms with Gasteiger partial charge in [0.25, 0.3) is 0 Å². The molecule has 1 aliphatic heterocycles. The van der Waals surface area contributed by atoms with Gasteiger partial charge in [-0.2, -0.15) is 0 Å². The summed E-state index contributed by atoms with van der Waals surface area (Å²) in [6.07, 6.45) is 2.98. The standard InChI is InChI=1S/C13H19NO/c1-11(15)5-4-9-14-10-8-12-6-2-3-7-13(12)14/h2-3,6-7,11,15H,4-5,8-10H2,1H3. The van der Waals surface area contributed by atoms with Gasteiger partial charge in [0, 0.05) is 18.8 Å². The van der Waals surface area contributed by atoms with E-state index in [1.165, 1.54) is 17.7 Å². The van der Waals surface area contributed by atoms with Crippen molar-refractivity contribution in [2.45, 2.75) is 32.3 Å². The van der Waals surface area contributed by atoms with Gasteiger partial charge in [0.15, 0.2) is 0 Å². The largest absolute Gasteiger partial charge is 0.393 e. The average Bonchev–Trinajstić information content (AvgIpc) is 2.62. The summed E-state index contributed by atoms with van der Waals surface area (Å²) in [5.74, 6) is 0. The number of fused-ring (bicyclic) bond motifs is 1. The Bertz CT molecular complexity index is 322. The molecule has 0 spiro atoms. The predicted molar refractivity (Wildman–Crippen MR) is 63.3 cm³/mol. The van der Waals surface area contributed by atoms with Crippen LogP contribution in [0.15, 0.2) is 24.3 Å². The number of aliphatic hydroxyl groups is 1. The first kappa shape index (κ1) is 10.5. The fraction of sp³-hybridized carbons (Fsp3) is 0.538. The second-order valence-electron chi connectivity index (χ2n) is 4.36. The number of hydrogen-bond donors (Lipinski definition) is 1. The summed E-state index contributed by atoms with van der Waals surface area (Å²) < 4.78 is 0. The molecule has 0 bridgehead atoms. The van der Waals surface area contributed by atoms with Crippen LogP contribution < -0.4 is 4.90 Å². The summed E-state index contributed by atoms with van der Waals surface area (Å²) in [6.45, 7) is 4.07. The molecule has 82 valence electrons. The molecule has 1 N–H and O–H groups in total. The van der Waals surface area contributed by atoms with E-state index in [0.717, 1.165) is 25.9 Å². The Labute approximate surface area is 91.5 Å². The highest BCUT2D eigenvalue weighted by atomic mass is 16.3. The van der Waals surface area contributed by atoms with E-state index < -0.39 is 0 Å². The van der Waals surface area contributed by atoms with E-state index in [2.05, 4.69) is 29.2 Å². The minimum absolute atomic E-state index is 0.164. The molecule has 1 aromatic rings. The van der Waals surface area contributed by atoms with Gasteiger partial charge in [0.2, 0.25) is 0 Å². The van der Waals surface area contributed by atoms with Gasteiger partial charge < -0.3 is 10.0 Å². The van der Waals surface area contributed by atoms with E-state index in [1.54, 1.807) is 0 Å². The van der Waals surface area contributed by atoms with Crippen LogP contribution in [-0.2, 0) is 6.42 Å². The highest BCUT2D eigenvalue weighted by Gasteiger charge is 2.17. The maximum absolute atomic E-state index is 9.20. The minimum atomic E-state index is -0.164. The number of nitrogens with zero attached hydrogens (tertiary/aromatic N) is 1. The Morgan fingerprint density at radius 2 is 2.20 bits per heavy atom. The van der Waals surface area contributed by atoms with Crippen molar-refractivity contribution in [2.75, 3.05) is 18.0 Å². The smallest absolute Gasteiger partial charge is 0.0512 e. The van der Waals surface area contributed by atoms with E-state index >= 15 is 0 Å². The number of anilines is 1. The van der Waals surface area contributed by atoms with Crippen LogP contribution in [0.25, 0.3) is 0 Å². The summed E-state index contributed by atoms with van der Waals surface area (Å²) in [7, 11) is 0. The third-order valence-electron chi connectivity index (χ3n) is 3.03. The first-order chi connectivity index (χ1) is 7.27. The third-order valence-corrected chi connectivity index (χ3v) is 3.03. The van der Waals surface area contributed by atoms with Crippen LogP contribution in [0.4, 0.5) is 5.69 Å². The SMILES string of the molecule is CC(O)CCCN1CCc2ccccc21. The fourth-order valence-electron chi connectivity index (χ4n) is 2.22. The highest BCUT2D eigenvalue weighted by Crippen LogP contribution is 2.27. The number of aliphatic hydroxyl groups excluding tert-OH is 1. The van der Waals surface area contributed by atoms with Gasteiger partial charge in [-0.15, -0.1) is 0 Å². The lowest BCUT2D eigenvalue weighted by molar-refractivity contribution is 0.182. The molecule has 1 heterocycles. The van der Waals surface area contributed by atoms with Crippen LogP contribution in [0.1, 0.15) is 25.3 Å². The van der Waals surface area contributed by atoms with Gasteiger partial charge in [-0.25, -0.2) is 0 Å². The summed E-state index contributed by atoms with van der Waals surface area (Å²) >= 11 is 0. The molecule has 2 nitrogen and oxygen atoms in total. The van der Waals surface area contributed by atoms with Crippen molar-refractivity contribution < 1.29 is 5.11 Å². The molecule has 0 aliphatic carbocycles. The Balaban J connectivity index is 1.90. The van der Waals surface area contributed by atoms with Crippen LogP contribution in [0.5, 0.6) is 0 Å². The molecule has 2 rings (SSSR count). The van der Waals surface area contributed by atoms with Gasteiger partial charge >= 0.3 is 0 Å². The molecule has 1 aliphatic rings. The van der Waals surface area contributed by atoms with Crippen LogP contribution in [0.3, 0.4) is 0 Å². The lowest BCUT2D eigenvalue weighted by atomic mass is 10.2. The molecule has 0 radical (unpaired) electrons.